The lowest BCUT2D eigenvalue weighted by molar-refractivity contribution is -0.120. The SMILES string of the molecule is COC1=C2C[C@H](C)C[C@@H](OC)[C@@H](O)[C@H](C)/C=C(\C)[C@@H](OC(N)=O)[C@H](OC)/C=C\C=C(/C)C(=O)NC(=CC1=O)C2=O. The summed E-state index contributed by atoms with van der Waals surface area (Å²) in [5.41, 5.74) is 6.12. The fraction of sp³-hybridized carbons (Fsp3) is 0.517. The Hall–Kier alpha value is -3.54. The van der Waals surface area contributed by atoms with Crippen LogP contribution in [-0.2, 0) is 33.3 Å². The maximum Gasteiger partial charge on any atom is 0.405 e. The van der Waals surface area contributed by atoms with Crippen molar-refractivity contribution in [3.05, 3.63) is 58.6 Å². The van der Waals surface area contributed by atoms with Crippen molar-refractivity contribution >= 4 is 23.6 Å². The van der Waals surface area contributed by atoms with Gasteiger partial charge >= 0.3 is 6.09 Å². The number of ether oxygens (including phenoxy) is 4. The van der Waals surface area contributed by atoms with Gasteiger partial charge in [-0.2, -0.15) is 0 Å². The van der Waals surface area contributed by atoms with Gasteiger partial charge in [0.15, 0.2) is 11.9 Å². The molecule has 0 aromatic carbocycles. The highest BCUT2D eigenvalue weighted by atomic mass is 16.6. The van der Waals surface area contributed by atoms with Gasteiger partial charge in [-0.1, -0.05) is 38.2 Å². The van der Waals surface area contributed by atoms with Crippen LogP contribution in [0.5, 0.6) is 0 Å². The zero-order valence-corrected chi connectivity index (χ0v) is 24.1. The van der Waals surface area contributed by atoms with Gasteiger partial charge in [-0.05, 0) is 38.2 Å². The molecule has 0 unspecified atom stereocenters. The minimum Gasteiger partial charge on any atom is -0.492 e. The van der Waals surface area contributed by atoms with E-state index in [0.29, 0.717) is 12.0 Å². The molecule has 0 radical (unpaired) electrons. The molecule has 2 amide bonds. The lowest BCUT2D eigenvalue weighted by Gasteiger charge is -2.29. The Bertz CT molecular complexity index is 1150. The van der Waals surface area contributed by atoms with Crippen molar-refractivity contribution in [2.45, 2.75) is 65.0 Å². The number of hydrogen-bond donors (Lipinski definition) is 3. The van der Waals surface area contributed by atoms with Crippen molar-refractivity contribution in [3.8, 4) is 0 Å². The molecule has 2 bridgehead atoms. The topological polar surface area (TPSA) is 163 Å². The van der Waals surface area contributed by atoms with Gasteiger partial charge in [0.1, 0.15) is 6.10 Å². The summed E-state index contributed by atoms with van der Waals surface area (Å²) in [5, 5.41) is 13.7. The number of Topliss-reactive ketones (excluding diaryl/α,β-unsaturated/α-hetero) is 1. The molecule has 40 heavy (non-hydrogen) atoms. The molecule has 1 aliphatic carbocycles. The van der Waals surface area contributed by atoms with Gasteiger partial charge < -0.3 is 35.1 Å². The first kappa shape index (κ1) is 32.7. The summed E-state index contributed by atoms with van der Waals surface area (Å²) in [4.78, 5) is 50.6. The minimum absolute atomic E-state index is 0.0801. The Balaban J connectivity index is 2.60. The number of hydrogen-bond acceptors (Lipinski definition) is 9. The summed E-state index contributed by atoms with van der Waals surface area (Å²) in [6.07, 6.45) is 3.61. The first-order chi connectivity index (χ1) is 18.8. The van der Waals surface area contributed by atoms with Crippen LogP contribution >= 0.6 is 0 Å². The first-order valence-corrected chi connectivity index (χ1v) is 13.0. The standard InChI is InChI=1S/C29H40N2O9/c1-15-11-19-25(34)20(14-21(32)27(19)39-7)31-28(35)16(2)9-8-10-22(37-5)26(40-29(30)36)18(4)13-17(3)24(33)23(12-15)38-6/h8-10,13-15,17,22-24,26,33H,11-12H2,1-7H3,(H2,30,36)(H,31,35)/b10-8-,16-9+,18-13+/t15-,17+,22+,23+,24-,26+/m0/s1. The highest BCUT2D eigenvalue weighted by Crippen LogP contribution is 2.29. The minimum atomic E-state index is -1.00. The molecule has 1 aliphatic heterocycles. The van der Waals surface area contributed by atoms with Crippen LogP contribution < -0.4 is 11.1 Å². The zero-order chi connectivity index (χ0) is 30.1. The van der Waals surface area contributed by atoms with Gasteiger partial charge in [0.05, 0.1) is 25.0 Å². The van der Waals surface area contributed by atoms with E-state index in [4.69, 9.17) is 24.7 Å². The molecule has 2 aliphatic rings. The van der Waals surface area contributed by atoms with E-state index in [2.05, 4.69) is 5.32 Å². The van der Waals surface area contributed by atoms with Crippen LogP contribution in [0.15, 0.2) is 58.6 Å². The Kier molecular flexibility index (Phi) is 12.0. The van der Waals surface area contributed by atoms with Crippen LogP contribution in [0.1, 0.15) is 40.5 Å². The molecule has 0 aromatic heterocycles. The van der Waals surface area contributed by atoms with Gasteiger partial charge in [0, 0.05) is 37.4 Å². The monoisotopic (exact) mass is 560 g/mol. The summed E-state index contributed by atoms with van der Waals surface area (Å²) in [6, 6.07) is 0. The number of nitrogens with one attached hydrogen (secondary N) is 1. The molecule has 0 spiro atoms. The van der Waals surface area contributed by atoms with Gasteiger partial charge in [-0.3, -0.25) is 14.4 Å². The second-order valence-corrected chi connectivity index (χ2v) is 10.1. The molecular formula is C29H40N2O9. The number of primary amides is 1. The number of methoxy groups -OCH3 is 3. The van der Waals surface area contributed by atoms with Crippen LogP contribution in [0.2, 0.25) is 0 Å². The maximum atomic E-state index is 13.3. The normalized spacial score (nSPS) is 32.7. The number of fused-ring (bicyclic) bond motifs is 2. The lowest BCUT2D eigenvalue weighted by atomic mass is 9.85. The number of amides is 2. The Labute approximate surface area is 234 Å². The van der Waals surface area contributed by atoms with Crippen molar-refractivity contribution in [1.29, 1.82) is 0 Å². The third-order valence-corrected chi connectivity index (χ3v) is 6.95. The largest absolute Gasteiger partial charge is 0.492 e. The summed E-state index contributed by atoms with van der Waals surface area (Å²) in [5.74, 6) is -2.39. The molecule has 0 aromatic rings. The number of aliphatic hydroxyl groups excluding tert-OH is 1. The molecule has 6 atom stereocenters. The summed E-state index contributed by atoms with van der Waals surface area (Å²) in [7, 11) is 4.21. The second-order valence-electron chi connectivity index (χ2n) is 10.1. The van der Waals surface area contributed by atoms with Crippen molar-refractivity contribution in [2.75, 3.05) is 21.3 Å². The molecule has 0 saturated heterocycles. The predicted octanol–water partition coefficient (Wildman–Crippen LogP) is 2.41. The fourth-order valence-electron chi connectivity index (χ4n) is 4.78. The van der Waals surface area contributed by atoms with E-state index in [1.54, 1.807) is 32.1 Å². The van der Waals surface area contributed by atoms with E-state index in [0.717, 1.165) is 6.08 Å². The molecule has 1 heterocycles. The van der Waals surface area contributed by atoms with Crippen LogP contribution in [0.3, 0.4) is 0 Å². The molecule has 2 rings (SSSR count). The van der Waals surface area contributed by atoms with Crippen molar-refractivity contribution in [3.63, 3.8) is 0 Å². The van der Waals surface area contributed by atoms with Crippen LogP contribution in [0.25, 0.3) is 0 Å². The molecule has 0 fully saturated rings. The highest BCUT2D eigenvalue weighted by Gasteiger charge is 2.34. The first-order valence-electron chi connectivity index (χ1n) is 13.0. The Morgan fingerprint density at radius 2 is 1.77 bits per heavy atom. The van der Waals surface area contributed by atoms with Crippen molar-refractivity contribution < 1.29 is 43.2 Å². The maximum absolute atomic E-state index is 13.3. The summed E-state index contributed by atoms with van der Waals surface area (Å²) >= 11 is 0. The Morgan fingerprint density at radius 1 is 1.10 bits per heavy atom. The zero-order valence-electron chi connectivity index (χ0n) is 24.1. The average molecular weight is 561 g/mol. The van der Waals surface area contributed by atoms with E-state index < -0.39 is 53.9 Å². The number of carbonyl (C=O) groups excluding carboxylic acids is 4. The third kappa shape index (κ3) is 8.23. The van der Waals surface area contributed by atoms with E-state index >= 15 is 0 Å². The summed E-state index contributed by atoms with van der Waals surface area (Å²) < 4.78 is 21.7. The second kappa shape index (κ2) is 14.7. The van der Waals surface area contributed by atoms with E-state index in [9.17, 15) is 24.3 Å². The van der Waals surface area contributed by atoms with Gasteiger partial charge in [0.2, 0.25) is 11.6 Å². The molecular weight excluding hydrogens is 520 g/mol. The predicted molar refractivity (Wildman–Crippen MR) is 147 cm³/mol. The van der Waals surface area contributed by atoms with Crippen LogP contribution in [0, 0.1) is 11.8 Å². The average Bonchev–Trinajstić information content (AvgIpc) is 2.90. The highest BCUT2D eigenvalue weighted by molar-refractivity contribution is 6.23. The van der Waals surface area contributed by atoms with Crippen molar-refractivity contribution in [2.24, 2.45) is 17.6 Å². The fourth-order valence-corrected chi connectivity index (χ4v) is 4.78. The number of allylic oxidation sites excluding steroid dienone is 4. The van der Waals surface area contributed by atoms with E-state index in [-0.39, 0.29) is 34.9 Å². The van der Waals surface area contributed by atoms with E-state index in [1.807, 2.05) is 6.92 Å². The number of rotatable bonds is 4. The van der Waals surface area contributed by atoms with E-state index in [1.165, 1.54) is 34.3 Å². The van der Waals surface area contributed by atoms with Gasteiger partial charge in [-0.25, -0.2) is 4.79 Å². The van der Waals surface area contributed by atoms with Gasteiger partial charge in [-0.15, -0.1) is 0 Å². The molecule has 11 nitrogen and oxygen atoms in total. The molecule has 4 N–H and O–H groups in total. The number of aliphatic hydroxyl groups is 1. The lowest BCUT2D eigenvalue weighted by Crippen LogP contribution is -2.37. The summed E-state index contributed by atoms with van der Waals surface area (Å²) in [6.45, 7) is 6.92. The number of nitrogens with two attached hydrogens (primary N) is 1. The Morgan fingerprint density at radius 3 is 2.35 bits per heavy atom. The smallest absolute Gasteiger partial charge is 0.405 e. The molecule has 0 saturated carbocycles. The van der Waals surface area contributed by atoms with Crippen LogP contribution in [0.4, 0.5) is 4.79 Å². The number of ketones is 2. The van der Waals surface area contributed by atoms with Gasteiger partial charge in [0.25, 0.3) is 5.91 Å². The molecule has 11 heteroatoms. The third-order valence-electron chi connectivity index (χ3n) is 6.95. The quantitative estimate of drug-likeness (QED) is 0.346. The molecule has 220 valence electrons. The number of carbonyl (C=O) groups is 4. The van der Waals surface area contributed by atoms with Crippen molar-refractivity contribution in [1.82, 2.24) is 5.32 Å². The van der Waals surface area contributed by atoms with Crippen LogP contribution in [-0.4, -0.2) is 74.4 Å².